The van der Waals surface area contributed by atoms with Gasteiger partial charge in [-0.25, -0.2) is 4.79 Å². The molecule has 2 N–H and O–H groups in total. The van der Waals surface area contributed by atoms with E-state index in [-0.39, 0.29) is 10.6 Å². The van der Waals surface area contributed by atoms with Crippen molar-refractivity contribution in [1.29, 1.82) is 0 Å². The largest absolute Gasteiger partial charge is 0.480 e. The lowest BCUT2D eigenvalue weighted by molar-refractivity contribution is -0.148. The van der Waals surface area contributed by atoms with Crippen LogP contribution in [0.3, 0.4) is 0 Å². The van der Waals surface area contributed by atoms with E-state index < -0.39 is 31.3 Å². The molecule has 0 fully saturated rings. The number of aromatic nitrogens is 1. The third-order valence-corrected chi connectivity index (χ3v) is 2.15. The Morgan fingerprint density at radius 1 is 1.40 bits per heavy atom. The van der Waals surface area contributed by atoms with Gasteiger partial charge >= 0.3 is 18.2 Å². The minimum absolute atomic E-state index is 0.155. The van der Waals surface area contributed by atoms with Crippen LogP contribution >= 0.6 is 0 Å². The first kappa shape index (κ1) is 15.7. The summed E-state index contributed by atoms with van der Waals surface area (Å²) in [6.45, 7) is -0.999. The highest BCUT2D eigenvalue weighted by atomic mass is 19.4. The summed E-state index contributed by atoms with van der Waals surface area (Å²) in [6.07, 6.45) is -3.42. The number of carbonyl (C=O) groups excluding carboxylic acids is 1. The summed E-state index contributed by atoms with van der Waals surface area (Å²) in [5, 5.41) is 10.7. The Balaban J connectivity index is 2.76. The molecular formula is C11H12F3N3O3. The fourth-order valence-corrected chi connectivity index (χ4v) is 1.32. The Bertz CT molecular complexity index is 488. The number of alkyl halides is 3. The van der Waals surface area contributed by atoms with Gasteiger partial charge < -0.3 is 15.3 Å². The third kappa shape index (κ3) is 5.55. The first-order chi connectivity index (χ1) is 9.17. The second-order valence-electron chi connectivity index (χ2n) is 3.98. The first-order valence-electron chi connectivity index (χ1n) is 5.44. The lowest BCUT2D eigenvalue weighted by Crippen LogP contribution is -2.44. The standard InChI is InChI=1S/C11H12F3N3O3/c1-7-2-3-8(4-15-7)16-10(20)17(5-9(18)19)6-11(12,13)14/h2-4H,5-6H2,1H3,(H,16,20)(H,18,19). The van der Waals surface area contributed by atoms with Gasteiger partial charge in [-0.15, -0.1) is 0 Å². The normalized spacial score (nSPS) is 11.0. The van der Waals surface area contributed by atoms with Crippen molar-refractivity contribution in [2.24, 2.45) is 0 Å². The van der Waals surface area contributed by atoms with Crippen molar-refractivity contribution in [1.82, 2.24) is 9.88 Å². The van der Waals surface area contributed by atoms with Gasteiger partial charge in [-0.2, -0.15) is 13.2 Å². The van der Waals surface area contributed by atoms with Gasteiger partial charge in [0.05, 0.1) is 11.9 Å². The van der Waals surface area contributed by atoms with Crippen LogP contribution in [0.2, 0.25) is 0 Å². The molecule has 1 heterocycles. The Hall–Kier alpha value is -2.32. The molecule has 0 aliphatic carbocycles. The van der Waals surface area contributed by atoms with Crippen LogP contribution < -0.4 is 5.32 Å². The van der Waals surface area contributed by atoms with Gasteiger partial charge in [0.15, 0.2) is 0 Å². The van der Waals surface area contributed by atoms with Crippen molar-refractivity contribution in [2.45, 2.75) is 13.1 Å². The molecular weight excluding hydrogens is 279 g/mol. The zero-order valence-electron chi connectivity index (χ0n) is 10.4. The van der Waals surface area contributed by atoms with Crippen molar-refractivity contribution in [3.63, 3.8) is 0 Å². The van der Waals surface area contributed by atoms with E-state index in [9.17, 15) is 22.8 Å². The summed E-state index contributed by atoms with van der Waals surface area (Å²) < 4.78 is 36.8. The zero-order valence-corrected chi connectivity index (χ0v) is 10.4. The Morgan fingerprint density at radius 3 is 2.50 bits per heavy atom. The van der Waals surface area contributed by atoms with Crippen molar-refractivity contribution >= 4 is 17.7 Å². The number of hydrogen-bond acceptors (Lipinski definition) is 3. The molecule has 6 nitrogen and oxygen atoms in total. The molecule has 1 aromatic rings. The number of carboxylic acid groups (broad SMARTS) is 1. The van der Waals surface area contributed by atoms with E-state index in [1.807, 2.05) is 0 Å². The lowest BCUT2D eigenvalue weighted by atomic mass is 10.3. The number of amides is 2. The van der Waals surface area contributed by atoms with E-state index in [2.05, 4.69) is 10.3 Å². The highest BCUT2D eigenvalue weighted by Crippen LogP contribution is 2.17. The number of carbonyl (C=O) groups is 2. The summed E-state index contributed by atoms with van der Waals surface area (Å²) in [6, 6.07) is 1.85. The number of anilines is 1. The number of pyridine rings is 1. The zero-order chi connectivity index (χ0) is 15.3. The number of urea groups is 1. The van der Waals surface area contributed by atoms with E-state index in [1.54, 1.807) is 13.0 Å². The van der Waals surface area contributed by atoms with Crippen LogP contribution in [0.1, 0.15) is 5.69 Å². The number of aliphatic carboxylic acids is 1. The summed E-state index contributed by atoms with van der Waals surface area (Å²) in [5.41, 5.74) is 0.846. The van der Waals surface area contributed by atoms with Crippen molar-refractivity contribution < 1.29 is 27.9 Å². The molecule has 0 bridgehead atoms. The summed E-state index contributed by atoms with van der Waals surface area (Å²) in [7, 11) is 0. The average molecular weight is 291 g/mol. The second-order valence-corrected chi connectivity index (χ2v) is 3.98. The molecule has 0 unspecified atom stereocenters. The van der Waals surface area contributed by atoms with Gasteiger partial charge in [0, 0.05) is 5.69 Å². The Morgan fingerprint density at radius 2 is 2.05 bits per heavy atom. The van der Waals surface area contributed by atoms with Crippen LogP contribution in [0.5, 0.6) is 0 Å². The van der Waals surface area contributed by atoms with Crippen LogP contribution in [0.4, 0.5) is 23.7 Å². The van der Waals surface area contributed by atoms with E-state index in [0.717, 1.165) is 0 Å². The average Bonchev–Trinajstić information content (AvgIpc) is 2.29. The van der Waals surface area contributed by atoms with Gasteiger partial charge in [-0.1, -0.05) is 0 Å². The summed E-state index contributed by atoms with van der Waals surface area (Å²) in [5.74, 6) is -1.54. The molecule has 2 amide bonds. The molecule has 0 radical (unpaired) electrons. The molecule has 0 atom stereocenters. The molecule has 1 rings (SSSR count). The first-order valence-corrected chi connectivity index (χ1v) is 5.44. The summed E-state index contributed by atoms with van der Waals surface area (Å²) in [4.78, 5) is 26.1. The van der Waals surface area contributed by atoms with Gasteiger partial charge in [0.1, 0.15) is 13.1 Å². The number of hydrogen-bond donors (Lipinski definition) is 2. The third-order valence-electron chi connectivity index (χ3n) is 2.15. The SMILES string of the molecule is Cc1ccc(NC(=O)N(CC(=O)O)CC(F)(F)F)cn1. The van der Waals surface area contributed by atoms with Gasteiger partial charge in [0.25, 0.3) is 0 Å². The minimum atomic E-state index is -4.68. The van der Waals surface area contributed by atoms with Crippen LogP contribution in [0.15, 0.2) is 18.3 Å². The maximum absolute atomic E-state index is 12.3. The van der Waals surface area contributed by atoms with Crippen LogP contribution in [0, 0.1) is 6.92 Å². The summed E-state index contributed by atoms with van der Waals surface area (Å²) >= 11 is 0. The van der Waals surface area contributed by atoms with Crippen LogP contribution in [-0.4, -0.2) is 46.3 Å². The van der Waals surface area contributed by atoms with E-state index in [0.29, 0.717) is 5.69 Å². The molecule has 0 aromatic carbocycles. The predicted octanol–water partition coefficient (Wildman–Crippen LogP) is 1.87. The predicted molar refractivity (Wildman–Crippen MR) is 63.3 cm³/mol. The highest BCUT2D eigenvalue weighted by molar-refractivity contribution is 5.91. The molecule has 0 aliphatic rings. The number of halogens is 3. The molecule has 0 saturated carbocycles. The second kappa shape index (κ2) is 6.22. The molecule has 1 aromatic heterocycles. The van der Waals surface area contributed by atoms with Crippen LogP contribution in [-0.2, 0) is 4.79 Å². The Kier molecular flexibility index (Phi) is 4.89. The quantitative estimate of drug-likeness (QED) is 0.887. The van der Waals surface area contributed by atoms with Crippen molar-refractivity contribution in [3.05, 3.63) is 24.0 Å². The molecule has 110 valence electrons. The van der Waals surface area contributed by atoms with Crippen molar-refractivity contribution in [3.8, 4) is 0 Å². The van der Waals surface area contributed by atoms with Gasteiger partial charge in [-0.05, 0) is 19.1 Å². The lowest BCUT2D eigenvalue weighted by Gasteiger charge is -2.22. The molecule has 0 spiro atoms. The molecule has 0 aliphatic heterocycles. The monoisotopic (exact) mass is 291 g/mol. The number of nitrogens with zero attached hydrogens (tertiary/aromatic N) is 2. The van der Waals surface area contributed by atoms with Gasteiger partial charge in [0.2, 0.25) is 0 Å². The smallest absolute Gasteiger partial charge is 0.406 e. The van der Waals surface area contributed by atoms with Crippen LogP contribution in [0.25, 0.3) is 0 Å². The number of carboxylic acids is 1. The maximum atomic E-state index is 12.3. The molecule has 9 heteroatoms. The fourth-order valence-electron chi connectivity index (χ4n) is 1.32. The molecule has 0 saturated heterocycles. The Labute approximate surface area is 112 Å². The number of rotatable bonds is 4. The molecule has 20 heavy (non-hydrogen) atoms. The maximum Gasteiger partial charge on any atom is 0.406 e. The van der Waals surface area contributed by atoms with E-state index >= 15 is 0 Å². The van der Waals surface area contributed by atoms with E-state index in [1.165, 1.54) is 12.3 Å². The van der Waals surface area contributed by atoms with E-state index in [4.69, 9.17) is 5.11 Å². The topological polar surface area (TPSA) is 82.5 Å². The fraction of sp³-hybridized carbons (Fsp3) is 0.364. The van der Waals surface area contributed by atoms with Crippen molar-refractivity contribution in [2.75, 3.05) is 18.4 Å². The number of nitrogens with one attached hydrogen (secondary N) is 1. The minimum Gasteiger partial charge on any atom is -0.480 e. The highest BCUT2D eigenvalue weighted by Gasteiger charge is 2.34. The van der Waals surface area contributed by atoms with Gasteiger partial charge in [-0.3, -0.25) is 9.78 Å². The number of aryl methyl sites for hydroxylation is 1.